The Labute approximate surface area is 127 Å². The first-order valence-corrected chi connectivity index (χ1v) is 8.63. The van der Waals surface area contributed by atoms with Crippen molar-refractivity contribution in [3.63, 3.8) is 0 Å². The van der Waals surface area contributed by atoms with Crippen molar-refractivity contribution in [2.45, 2.75) is 42.9 Å². The summed E-state index contributed by atoms with van der Waals surface area (Å²) in [5.74, 6) is 0.861. The van der Waals surface area contributed by atoms with Gasteiger partial charge in [0.05, 0.1) is 16.6 Å². The van der Waals surface area contributed by atoms with Crippen LogP contribution in [0.4, 0.5) is 0 Å². The first-order valence-electron chi connectivity index (χ1n) is 7.40. The lowest BCUT2D eigenvalue weighted by atomic mass is 10.2. The van der Waals surface area contributed by atoms with Gasteiger partial charge in [0.25, 0.3) is 0 Å². The van der Waals surface area contributed by atoms with Gasteiger partial charge in [0, 0.05) is 17.2 Å². The van der Waals surface area contributed by atoms with Crippen molar-refractivity contribution >= 4 is 28.8 Å². The molecule has 0 atom stereocenters. The van der Waals surface area contributed by atoms with E-state index in [1.165, 1.54) is 25.7 Å². The molecule has 1 heterocycles. The molecule has 1 aromatic heterocycles. The average Bonchev–Trinajstić information content (AvgIpc) is 3.39. The third kappa shape index (κ3) is 2.24. The van der Waals surface area contributed by atoms with Crippen LogP contribution in [-0.4, -0.2) is 31.6 Å². The van der Waals surface area contributed by atoms with E-state index in [9.17, 15) is 9.90 Å². The first kappa shape index (κ1) is 13.2. The van der Waals surface area contributed by atoms with Crippen LogP contribution in [-0.2, 0) is 6.54 Å². The zero-order chi connectivity index (χ0) is 14.6. The lowest BCUT2D eigenvalue weighted by Crippen LogP contribution is -2.15. The maximum absolute atomic E-state index is 11.2. The number of carboxylic acid groups (broad SMARTS) is 1. The number of carboxylic acids is 1. The van der Waals surface area contributed by atoms with Gasteiger partial charge in [-0.1, -0.05) is 0 Å². The Morgan fingerprint density at radius 1 is 1.48 bits per heavy atom. The molecule has 1 aromatic carbocycles. The minimum atomic E-state index is -0.872. The van der Waals surface area contributed by atoms with Crippen molar-refractivity contribution in [2.75, 3.05) is 6.26 Å². The molecule has 0 saturated heterocycles. The zero-order valence-corrected chi connectivity index (χ0v) is 12.8. The molecule has 2 aliphatic carbocycles. The van der Waals surface area contributed by atoms with E-state index in [0.717, 1.165) is 23.4 Å². The maximum Gasteiger partial charge on any atom is 0.335 e. The molecule has 2 aromatic rings. The number of aromatic nitrogens is 2. The molecule has 4 nitrogen and oxygen atoms in total. The smallest absolute Gasteiger partial charge is 0.335 e. The van der Waals surface area contributed by atoms with Crippen LogP contribution in [0, 0.1) is 0 Å². The van der Waals surface area contributed by atoms with Crippen molar-refractivity contribution in [1.29, 1.82) is 0 Å². The van der Waals surface area contributed by atoms with Gasteiger partial charge in [0.2, 0.25) is 0 Å². The number of hydrogen-bond acceptors (Lipinski definition) is 3. The number of carbonyl (C=O) groups is 1. The summed E-state index contributed by atoms with van der Waals surface area (Å²) in [5, 5.41) is 9.22. The van der Waals surface area contributed by atoms with Crippen molar-refractivity contribution in [2.24, 2.45) is 0 Å². The SMILES string of the molecule is CSC1(Cn2c(C3CC3)nc3ccc(C(=O)O)cc32)CC1. The van der Waals surface area contributed by atoms with Crippen molar-refractivity contribution in [3.05, 3.63) is 29.6 Å². The molecule has 2 saturated carbocycles. The molecule has 110 valence electrons. The summed E-state index contributed by atoms with van der Waals surface area (Å²) in [6.07, 6.45) is 7.08. The average molecular weight is 302 g/mol. The molecule has 5 heteroatoms. The highest BCUT2D eigenvalue weighted by Gasteiger charge is 2.43. The van der Waals surface area contributed by atoms with Crippen LogP contribution in [0.15, 0.2) is 18.2 Å². The van der Waals surface area contributed by atoms with Gasteiger partial charge in [-0.3, -0.25) is 0 Å². The van der Waals surface area contributed by atoms with Crippen LogP contribution in [0.3, 0.4) is 0 Å². The fourth-order valence-electron chi connectivity index (χ4n) is 2.95. The van der Waals surface area contributed by atoms with E-state index in [2.05, 4.69) is 10.8 Å². The standard InChI is InChI=1S/C16H18N2O2S/c1-21-16(6-7-16)9-18-13-8-11(15(19)20)4-5-12(13)17-14(18)10-2-3-10/h4-5,8,10H,2-3,6-7,9H2,1H3,(H,19,20). The molecule has 0 amide bonds. The third-order valence-corrected chi connectivity index (χ3v) is 6.06. The molecule has 0 spiro atoms. The second-order valence-corrected chi connectivity index (χ2v) is 7.50. The highest BCUT2D eigenvalue weighted by atomic mass is 32.2. The minimum absolute atomic E-state index is 0.344. The van der Waals surface area contributed by atoms with Crippen LogP contribution in [0.1, 0.15) is 47.8 Å². The highest BCUT2D eigenvalue weighted by Crippen LogP contribution is 2.50. The van der Waals surface area contributed by atoms with Gasteiger partial charge in [0.15, 0.2) is 0 Å². The number of imidazole rings is 1. The van der Waals surface area contributed by atoms with Crippen LogP contribution in [0.5, 0.6) is 0 Å². The molecule has 2 aliphatic rings. The van der Waals surface area contributed by atoms with E-state index >= 15 is 0 Å². The predicted molar refractivity (Wildman–Crippen MR) is 84.1 cm³/mol. The summed E-state index contributed by atoms with van der Waals surface area (Å²) in [5.41, 5.74) is 2.26. The molecule has 0 bridgehead atoms. The van der Waals surface area contributed by atoms with Crippen molar-refractivity contribution in [1.82, 2.24) is 9.55 Å². The fraction of sp³-hybridized carbons (Fsp3) is 0.500. The van der Waals surface area contributed by atoms with E-state index < -0.39 is 5.97 Å². The van der Waals surface area contributed by atoms with Gasteiger partial charge in [-0.2, -0.15) is 11.8 Å². The molecule has 0 radical (unpaired) electrons. The Kier molecular flexibility index (Phi) is 2.83. The number of rotatable bonds is 5. The van der Waals surface area contributed by atoms with Gasteiger partial charge in [-0.25, -0.2) is 9.78 Å². The van der Waals surface area contributed by atoms with Crippen molar-refractivity contribution in [3.8, 4) is 0 Å². The van der Waals surface area contributed by atoms with Crippen molar-refractivity contribution < 1.29 is 9.90 Å². The summed E-state index contributed by atoms with van der Waals surface area (Å²) in [7, 11) is 0. The molecule has 1 N–H and O–H groups in total. The number of hydrogen-bond donors (Lipinski definition) is 1. The molecule has 4 rings (SSSR count). The normalized spacial score (nSPS) is 19.9. The van der Waals surface area contributed by atoms with Gasteiger partial charge < -0.3 is 9.67 Å². The third-order valence-electron chi connectivity index (χ3n) is 4.65. The number of nitrogens with zero attached hydrogens (tertiary/aromatic N) is 2. The monoisotopic (exact) mass is 302 g/mol. The molecule has 0 aliphatic heterocycles. The fourth-order valence-corrected chi connectivity index (χ4v) is 3.72. The quantitative estimate of drug-likeness (QED) is 0.918. The van der Waals surface area contributed by atoms with Gasteiger partial charge >= 0.3 is 5.97 Å². The summed E-state index contributed by atoms with van der Waals surface area (Å²) in [6, 6.07) is 5.28. The second kappa shape index (κ2) is 4.50. The number of benzene rings is 1. The van der Waals surface area contributed by atoms with Gasteiger partial charge in [0.1, 0.15) is 5.82 Å². The lowest BCUT2D eigenvalue weighted by molar-refractivity contribution is 0.0697. The number of fused-ring (bicyclic) bond motifs is 1. The zero-order valence-electron chi connectivity index (χ0n) is 12.0. The van der Waals surface area contributed by atoms with E-state index in [1.54, 1.807) is 12.1 Å². The van der Waals surface area contributed by atoms with Crippen LogP contribution >= 0.6 is 11.8 Å². The van der Waals surface area contributed by atoms with E-state index in [0.29, 0.717) is 16.2 Å². The van der Waals surface area contributed by atoms with Gasteiger partial charge in [-0.05, 0) is 50.1 Å². The Balaban J connectivity index is 1.85. The molecule has 2 fully saturated rings. The summed E-state index contributed by atoms with van der Waals surface area (Å²) < 4.78 is 2.64. The van der Waals surface area contributed by atoms with Crippen LogP contribution < -0.4 is 0 Å². The topological polar surface area (TPSA) is 55.1 Å². The van der Waals surface area contributed by atoms with E-state index in [1.807, 2.05) is 17.8 Å². The Hall–Kier alpha value is -1.49. The predicted octanol–water partition coefficient (Wildman–Crippen LogP) is 3.51. The molecule has 0 unspecified atom stereocenters. The summed E-state index contributed by atoms with van der Waals surface area (Å²) in [6.45, 7) is 0.958. The lowest BCUT2D eigenvalue weighted by Gasteiger charge is -2.16. The maximum atomic E-state index is 11.2. The molecular formula is C16H18N2O2S. The van der Waals surface area contributed by atoms with Crippen LogP contribution in [0.2, 0.25) is 0 Å². The van der Waals surface area contributed by atoms with Crippen LogP contribution in [0.25, 0.3) is 11.0 Å². The Bertz CT molecular complexity index is 729. The largest absolute Gasteiger partial charge is 0.478 e. The Morgan fingerprint density at radius 3 is 2.81 bits per heavy atom. The number of aromatic carboxylic acids is 1. The Morgan fingerprint density at radius 2 is 2.24 bits per heavy atom. The van der Waals surface area contributed by atoms with E-state index in [-0.39, 0.29) is 0 Å². The number of thioether (sulfide) groups is 1. The summed E-state index contributed by atoms with van der Waals surface area (Å²) >= 11 is 1.93. The molecule has 21 heavy (non-hydrogen) atoms. The first-order chi connectivity index (χ1) is 10.1. The molecular weight excluding hydrogens is 284 g/mol. The minimum Gasteiger partial charge on any atom is -0.478 e. The highest BCUT2D eigenvalue weighted by molar-refractivity contribution is 8.00. The van der Waals surface area contributed by atoms with Gasteiger partial charge in [-0.15, -0.1) is 0 Å². The van der Waals surface area contributed by atoms with E-state index in [4.69, 9.17) is 4.98 Å². The second-order valence-electron chi connectivity index (χ2n) is 6.23. The summed E-state index contributed by atoms with van der Waals surface area (Å²) in [4.78, 5) is 16.0.